The van der Waals surface area contributed by atoms with Gasteiger partial charge in [0.1, 0.15) is 6.61 Å². The summed E-state index contributed by atoms with van der Waals surface area (Å²) >= 11 is 0. The molecule has 4 nitrogen and oxygen atoms in total. The lowest BCUT2D eigenvalue weighted by Gasteiger charge is -2.15. The Morgan fingerprint density at radius 3 is 2.47 bits per heavy atom. The molecule has 17 heavy (non-hydrogen) atoms. The van der Waals surface area contributed by atoms with E-state index in [4.69, 9.17) is 14.2 Å². The van der Waals surface area contributed by atoms with E-state index in [-0.39, 0.29) is 6.29 Å². The Bertz CT molecular complexity index is 379. The molecule has 1 rings (SSSR count). The quantitative estimate of drug-likeness (QED) is 0.411. The molecular weight excluding hydrogens is 220 g/mol. The first-order valence-electron chi connectivity index (χ1n) is 5.25. The van der Waals surface area contributed by atoms with Crippen molar-refractivity contribution in [2.45, 2.75) is 19.3 Å². The summed E-state index contributed by atoms with van der Waals surface area (Å²) in [5.74, 6) is 1.57. The third-order valence-electron chi connectivity index (χ3n) is 2.40. The third-order valence-corrected chi connectivity index (χ3v) is 2.40. The van der Waals surface area contributed by atoms with Crippen molar-refractivity contribution in [2.75, 3.05) is 14.2 Å². The molecule has 0 radical (unpaired) electrons. The summed E-state index contributed by atoms with van der Waals surface area (Å²) in [5, 5.41) is 0. The Balaban J connectivity index is 2.72. The second-order valence-electron chi connectivity index (χ2n) is 3.42. The van der Waals surface area contributed by atoms with E-state index in [2.05, 4.69) is 0 Å². The van der Waals surface area contributed by atoms with Crippen LogP contribution in [0.2, 0.25) is 0 Å². The maximum Gasteiger partial charge on any atom is 0.167 e. The molecule has 0 N–H and O–H groups in total. The van der Waals surface area contributed by atoms with Gasteiger partial charge in [0.15, 0.2) is 18.5 Å². The zero-order valence-electron chi connectivity index (χ0n) is 10.0. The molecule has 0 spiro atoms. The van der Waals surface area contributed by atoms with Crippen molar-refractivity contribution in [3.63, 3.8) is 0 Å². The highest BCUT2D eigenvalue weighted by Gasteiger charge is 2.09. The van der Waals surface area contributed by atoms with Crippen LogP contribution in [-0.4, -0.2) is 26.5 Å². The van der Waals surface area contributed by atoms with Crippen LogP contribution < -0.4 is 0 Å². The molecule has 0 fully saturated rings. The van der Waals surface area contributed by atoms with Crippen LogP contribution in [0.1, 0.15) is 11.1 Å². The van der Waals surface area contributed by atoms with Crippen molar-refractivity contribution in [3.05, 3.63) is 41.7 Å². The Hall–Kier alpha value is -1.61. The number of rotatable bonds is 7. The molecule has 0 aliphatic heterocycles. The summed E-state index contributed by atoms with van der Waals surface area (Å²) < 4.78 is 15.3. The summed E-state index contributed by atoms with van der Waals surface area (Å²) in [4.78, 5) is 10.0. The van der Waals surface area contributed by atoms with Crippen molar-refractivity contribution in [3.8, 4) is 0 Å². The standard InChI is InChI=1S/C13H16O4/c1-15-13(16-2)9-11-5-3-4-6-12(11)10-17-8-7-14/h3-6,8,13H,9-10H2,1-2H3. The molecule has 0 aliphatic rings. The predicted octanol–water partition coefficient (Wildman–Crippen LogP) is 1.71. The zero-order valence-corrected chi connectivity index (χ0v) is 10.0. The number of hydrogen-bond donors (Lipinski definition) is 0. The van der Waals surface area contributed by atoms with Crippen LogP contribution in [0.15, 0.2) is 30.5 Å². The van der Waals surface area contributed by atoms with Crippen LogP contribution in [0.3, 0.4) is 0 Å². The highest BCUT2D eigenvalue weighted by molar-refractivity contribution is 5.42. The SMILES string of the molecule is COC(Cc1ccccc1COC=C=O)OC. The maximum absolute atomic E-state index is 10.0. The topological polar surface area (TPSA) is 44.8 Å². The molecule has 0 unspecified atom stereocenters. The maximum atomic E-state index is 10.0. The number of benzene rings is 1. The van der Waals surface area contributed by atoms with Gasteiger partial charge in [-0.3, -0.25) is 0 Å². The second kappa shape index (κ2) is 7.63. The fourth-order valence-corrected chi connectivity index (χ4v) is 1.51. The van der Waals surface area contributed by atoms with Gasteiger partial charge < -0.3 is 14.2 Å². The first-order valence-corrected chi connectivity index (χ1v) is 5.25. The van der Waals surface area contributed by atoms with Crippen molar-refractivity contribution in [2.24, 2.45) is 0 Å². The minimum atomic E-state index is -0.280. The van der Waals surface area contributed by atoms with E-state index in [1.165, 1.54) is 0 Å². The summed E-state index contributed by atoms with van der Waals surface area (Å²) in [6.07, 6.45) is 1.37. The lowest BCUT2D eigenvalue weighted by molar-refractivity contribution is -0.100. The van der Waals surface area contributed by atoms with E-state index in [0.717, 1.165) is 17.4 Å². The molecule has 0 atom stereocenters. The largest absolute Gasteiger partial charge is 0.485 e. The predicted molar refractivity (Wildman–Crippen MR) is 63.0 cm³/mol. The van der Waals surface area contributed by atoms with Gasteiger partial charge in [-0.1, -0.05) is 24.3 Å². The summed E-state index contributed by atoms with van der Waals surface area (Å²) in [6.45, 7) is 0.339. The van der Waals surface area contributed by atoms with E-state index in [1.807, 2.05) is 24.3 Å². The van der Waals surface area contributed by atoms with Crippen LogP contribution in [0, 0.1) is 0 Å². The van der Waals surface area contributed by atoms with Gasteiger partial charge in [0, 0.05) is 20.6 Å². The van der Waals surface area contributed by atoms with Crippen molar-refractivity contribution in [1.82, 2.24) is 0 Å². The molecule has 0 saturated heterocycles. The molecule has 0 bridgehead atoms. The number of carbonyl (C=O) groups excluding carboxylic acids is 1. The molecule has 0 heterocycles. The fourth-order valence-electron chi connectivity index (χ4n) is 1.51. The van der Waals surface area contributed by atoms with Crippen molar-refractivity contribution < 1.29 is 19.0 Å². The summed E-state index contributed by atoms with van der Waals surface area (Å²) in [7, 11) is 3.20. The molecule has 0 amide bonds. The normalized spacial score (nSPS) is 10.1. The average Bonchev–Trinajstić information content (AvgIpc) is 2.38. The van der Waals surface area contributed by atoms with Crippen LogP contribution in [0.25, 0.3) is 0 Å². The Labute approximate surface area is 101 Å². The van der Waals surface area contributed by atoms with Crippen LogP contribution in [-0.2, 0) is 32.0 Å². The van der Waals surface area contributed by atoms with Gasteiger partial charge in [-0.25, -0.2) is 4.79 Å². The third kappa shape index (κ3) is 4.41. The molecule has 0 aliphatic carbocycles. The fraction of sp³-hybridized carbons (Fsp3) is 0.385. The van der Waals surface area contributed by atoms with Gasteiger partial charge in [0.2, 0.25) is 0 Å². The van der Waals surface area contributed by atoms with Crippen molar-refractivity contribution >= 4 is 5.94 Å². The number of ether oxygens (including phenoxy) is 3. The summed E-state index contributed by atoms with van der Waals surface area (Å²) in [5.41, 5.74) is 2.07. The van der Waals surface area contributed by atoms with E-state index in [1.54, 1.807) is 20.2 Å². The number of methoxy groups -OCH3 is 2. The highest BCUT2D eigenvalue weighted by Crippen LogP contribution is 2.14. The number of hydrogen-bond acceptors (Lipinski definition) is 4. The Morgan fingerprint density at radius 2 is 1.88 bits per heavy atom. The molecule has 1 aromatic carbocycles. The smallest absolute Gasteiger partial charge is 0.167 e. The lowest BCUT2D eigenvalue weighted by Crippen LogP contribution is -2.17. The monoisotopic (exact) mass is 236 g/mol. The molecule has 92 valence electrons. The van der Waals surface area contributed by atoms with Gasteiger partial charge in [-0.2, -0.15) is 0 Å². The van der Waals surface area contributed by atoms with Crippen molar-refractivity contribution in [1.29, 1.82) is 0 Å². The second-order valence-corrected chi connectivity index (χ2v) is 3.42. The molecular formula is C13H16O4. The Morgan fingerprint density at radius 1 is 1.24 bits per heavy atom. The first kappa shape index (κ1) is 13.5. The molecule has 4 heteroatoms. The highest BCUT2D eigenvalue weighted by atomic mass is 16.7. The minimum absolute atomic E-state index is 0.280. The Kier molecular flexibility index (Phi) is 6.04. The molecule has 1 aromatic rings. The minimum Gasteiger partial charge on any atom is -0.485 e. The van der Waals surface area contributed by atoms with E-state index in [9.17, 15) is 4.79 Å². The van der Waals surface area contributed by atoms with Gasteiger partial charge in [-0.15, -0.1) is 0 Å². The lowest BCUT2D eigenvalue weighted by atomic mass is 10.1. The molecule has 0 aromatic heterocycles. The van der Waals surface area contributed by atoms with E-state index >= 15 is 0 Å². The van der Waals surface area contributed by atoms with Crippen LogP contribution >= 0.6 is 0 Å². The summed E-state index contributed by atoms with van der Waals surface area (Å²) in [6, 6.07) is 7.78. The van der Waals surface area contributed by atoms with E-state index in [0.29, 0.717) is 13.0 Å². The molecule has 0 saturated carbocycles. The van der Waals surface area contributed by atoms with Gasteiger partial charge in [0.05, 0.1) is 0 Å². The first-order chi connectivity index (χ1) is 8.31. The zero-order chi connectivity index (χ0) is 12.5. The van der Waals surface area contributed by atoms with Crippen LogP contribution in [0.4, 0.5) is 0 Å². The van der Waals surface area contributed by atoms with Gasteiger partial charge in [0.25, 0.3) is 0 Å². The average molecular weight is 236 g/mol. The van der Waals surface area contributed by atoms with Gasteiger partial charge in [-0.05, 0) is 11.1 Å². The van der Waals surface area contributed by atoms with Gasteiger partial charge >= 0.3 is 0 Å². The van der Waals surface area contributed by atoms with Crippen LogP contribution in [0.5, 0.6) is 0 Å². The van der Waals surface area contributed by atoms with E-state index < -0.39 is 0 Å².